The predicted octanol–water partition coefficient (Wildman–Crippen LogP) is 2.93. The standard InChI is InChI=1S/C19H22N2O2/c1-16(22)20-11-13-21(14-12-20)18-7-9-19(10-8-18)23-15-17-5-3-2-4-6-17/h2-10H,11-15H2,1H3. The number of nitrogens with zero attached hydrogens (tertiary/aromatic N) is 2. The van der Waals surface area contributed by atoms with Crippen LogP contribution in [0.25, 0.3) is 0 Å². The summed E-state index contributed by atoms with van der Waals surface area (Å²) < 4.78 is 5.81. The Morgan fingerprint density at radius 2 is 1.61 bits per heavy atom. The summed E-state index contributed by atoms with van der Waals surface area (Å²) in [6.45, 7) is 5.56. The molecule has 4 nitrogen and oxygen atoms in total. The molecule has 0 N–H and O–H groups in total. The first-order valence-electron chi connectivity index (χ1n) is 7.99. The maximum absolute atomic E-state index is 11.4. The van der Waals surface area contributed by atoms with Crippen LogP contribution in [0.5, 0.6) is 5.75 Å². The third kappa shape index (κ3) is 4.03. The Kier molecular flexibility index (Phi) is 4.81. The van der Waals surface area contributed by atoms with Crippen LogP contribution in [0, 0.1) is 0 Å². The number of carbonyl (C=O) groups excluding carboxylic acids is 1. The second-order valence-corrected chi connectivity index (χ2v) is 5.76. The number of ether oxygens (including phenoxy) is 1. The van der Waals surface area contributed by atoms with E-state index in [2.05, 4.69) is 29.2 Å². The van der Waals surface area contributed by atoms with Gasteiger partial charge in [0.15, 0.2) is 0 Å². The van der Waals surface area contributed by atoms with Crippen LogP contribution in [0.4, 0.5) is 5.69 Å². The van der Waals surface area contributed by atoms with E-state index >= 15 is 0 Å². The Bertz CT molecular complexity index is 632. The molecule has 23 heavy (non-hydrogen) atoms. The Labute approximate surface area is 137 Å². The van der Waals surface area contributed by atoms with E-state index in [0.717, 1.165) is 37.5 Å². The van der Waals surface area contributed by atoms with Crippen molar-refractivity contribution in [1.29, 1.82) is 0 Å². The molecule has 1 aliphatic rings. The van der Waals surface area contributed by atoms with Crippen molar-refractivity contribution in [3.63, 3.8) is 0 Å². The van der Waals surface area contributed by atoms with Crippen LogP contribution >= 0.6 is 0 Å². The van der Waals surface area contributed by atoms with Gasteiger partial charge < -0.3 is 14.5 Å². The molecule has 1 fully saturated rings. The molecule has 0 aliphatic carbocycles. The maximum Gasteiger partial charge on any atom is 0.219 e. The molecule has 0 bridgehead atoms. The second kappa shape index (κ2) is 7.18. The summed E-state index contributed by atoms with van der Waals surface area (Å²) in [6.07, 6.45) is 0. The molecule has 0 radical (unpaired) electrons. The van der Waals surface area contributed by atoms with Gasteiger partial charge >= 0.3 is 0 Å². The van der Waals surface area contributed by atoms with E-state index < -0.39 is 0 Å². The van der Waals surface area contributed by atoms with Crippen molar-refractivity contribution in [2.24, 2.45) is 0 Å². The highest BCUT2D eigenvalue weighted by atomic mass is 16.5. The molecular formula is C19H22N2O2. The molecule has 0 unspecified atom stereocenters. The molecule has 0 atom stereocenters. The first-order valence-corrected chi connectivity index (χ1v) is 7.99. The molecule has 0 saturated carbocycles. The fourth-order valence-corrected chi connectivity index (χ4v) is 2.77. The molecule has 0 spiro atoms. The molecule has 2 aromatic rings. The molecule has 1 amide bonds. The van der Waals surface area contributed by atoms with E-state index in [4.69, 9.17) is 4.74 Å². The average molecular weight is 310 g/mol. The fourth-order valence-electron chi connectivity index (χ4n) is 2.77. The summed E-state index contributed by atoms with van der Waals surface area (Å²) in [5.41, 5.74) is 2.34. The molecule has 120 valence electrons. The minimum atomic E-state index is 0.161. The lowest BCUT2D eigenvalue weighted by Crippen LogP contribution is -2.48. The van der Waals surface area contributed by atoms with Gasteiger partial charge in [-0.3, -0.25) is 4.79 Å². The van der Waals surface area contributed by atoms with E-state index in [9.17, 15) is 4.79 Å². The summed E-state index contributed by atoms with van der Waals surface area (Å²) in [5.74, 6) is 1.04. The van der Waals surface area contributed by atoms with Crippen LogP contribution in [0.3, 0.4) is 0 Å². The maximum atomic E-state index is 11.4. The van der Waals surface area contributed by atoms with E-state index in [-0.39, 0.29) is 5.91 Å². The van der Waals surface area contributed by atoms with Gasteiger partial charge in [-0.2, -0.15) is 0 Å². The van der Waals surface area contributed by atoms with E-state index in [1.807, 2.05) is 35.2 Å². The Hall–Kier alpha value is -2.49. The topological polar surface area (TPSA) is 32.8 Å². The van der Waals surface area contributed by atoms with Crippen LogP contribution in [0.15, 0.2) is 54.6 Å². The molecule has 1 aliphatic heterocycles. The Balaban J connectivity index is 1.54. The summed E-state index contributed by atoms with van der Waals surface area (Å²) >= 11 is 0. The first-order chi connectivity index (χ1) is 11.2. The van der Waals surface area contributed by atoms with Crippen molar-refractivity contribution in [1.82, 2.24) is 4.90 Å². The average Bonchev–Trinajstić information content (AvgIpc) is 2.61. The number of hydrogen-bond donors (Lipinski definition) is 0. The number of hydrogen-bond acceptors (Lipinski definition) is 3. The zero-order chi connectivity index (χ0) is 16.1. The Morgan fingerprint density at radius 1 is 0.957 bits per heavy atom. The number of benzene rings is 2. The van der Waals surface area contributed by atoms with Crippen molar-refractivity contribution in [2.75, 3.05) is 31.1 Å². The smallest absolute Gasteiger partial charge is 0.219 e. The van der Waals surface area contributed by atoms with Gasteiger partial charge in [0.05, 0.1) is 0 Å². The normalized spacial score (nSPS) is 14.7. The highest BCUT2D eigenvalue weighted by Crippen LogP contribution is 2.21. The lowest BCUT2D eigenvalue weighted by Gasteiger charge is -2.35. The van der Waals surface area contributed by atoms with Gasteiger partial charge in [-0.25, -0.2) is 0 Å². The van der Waals surface area contributed by atoms with Gasteiger partial charge in [0, 0.05) is 38.8 Å². The third-order valence-corrected chi connectivity index (χ3v) is 4.18. The number of anilines is 1. The van der Waals surface area contributed by atoms with Crippen LogP contribution in [-0.2, 0) is 11.4 Å². The van der Waals surface area contributed by atoms with Crippen molar-refractivity contribution < 1.29 is 9.53 Å². The number of piperazine rings is 1. The molecule has 1 heterocycles. The van der Waals surface area contributed by atoms with E-state index in [1.165, 1.54) is 5.69 Å². The largest absolute Gasteiger partial charge is 0.489 e. The van der Waals surface area contributed by atoms with Crippen molar-refractivity contribution in [3.8, 4) is 5.75 Å². The summed E-state index contributed by atoms with van der Waals surface area (Å²) in [4.78, 5) is 15.6. The second-order valence-electron chi connectivity index (χ2n) is 5.76. The molecule has 2 aromatic carbocycles. The zero-order valence-electron chi connectivity index (χ0n) is 13.4. The van der Waals surface area contributed by atoms with E-state index in [0.29, 0.717) is 6.61 Å². The zero-order valence-corrected chi connectivity index (χ0v) is 13.4. The molecule has 1 saturated heterocycles. The van der Waals surface area contributed by atoms with Crippen molar-refractivity contribution in [2.45, 2.75) is 13.5 Å². The highest BCUT2D eigenvalue weighted by Gasteiger charge is 2.18. The predicted molar refractivity (Wildman–Crippen MR) is 91.7 cm³/mol. The van der Waals surface area contributed by atoms with Crippen molar-refractivity contribution >= 4 is 11.6 Å². The van der Waals surface area contributed by atoms with Gasteiger partial charge in [0.1, 0.15) is 12.4 Å². The number of amides is 1. The minimum Gasteiger partial charge on any atom is -0.489 e. The van der Waals surface area contributed by atoms with Crippen LogP contribution in [0.1, 0.15) is 12.5 Å². The van der Waals surface area contributed by atoms with Crippen molar-refractivity contribution in [3.05, 3.63) is 60.2 Å². The Morgan fingerprint density at radius 3 is 2.22 bits per heavy atom. The SMILES string of the molecule is CC(=O)N1CCN(c2ccc(OCc3ccccc3)cc2)CC1. The molecular weight excluding hydrogens is 288 g/mol. The summed E-state index contributed by atoms with van der Waals surface area (Å²) in [6, 6.07) is 18.3. The van der Waals surface area contributed by atoms with E-state index in [1.54, 1.807) is 6.92 Å². The van der Waals surface area contributed by atoms with Crippen LogP contribution < -0.4 is 9.64 Å². The molecule has 0 aromatic heterocycles. The molecule has 3 rings (SSSR count). The highest BCUT2D eigenvalue weighted by molar-refractivity contribution is 5.73. The van der Waals surface area contributed by atoms with Gasteiger partial charge in [-0.1, -0.05) is 30.3 Å². The monoisotopic (exact) mass is 310 g/mol. The van der Waals surface area contributed by atoms with Crippen LogP contribution in [0.2, 0.25) is 0 Å². The summed E-state index contributed by atoms with van der Waals surface area (Å²) in [7, 11) is 0. The van der Waals surface area contributed by atoms with Gasteiger partial charge in [0.2, 0.25) is 5.91 Å². The van der Waals surface area contributed by atoms with Gasteiger partial charge in [-0.05, 0) is 29.8 Å². The summed E-state index contributed by atoms with van der Waals surface area (Å²) in [5, 5.41) is 0. The minimum absolute atomic E-state index is 0.161. The van der Waals surface area contributed by atoms with Gasteiger partial charge in [0.25, 0.3) is 0 Å². The van der Waals surface area contributed by atoms with Gasteiger partial charge in [-0.15, -0.1) is 0 Å². The lowest BCUT2D eigenvalue weighted by atomic mass is 10.2. The fraction of sp³-hybridized carbons (Fsp3) is 0.316. The lowest BCUT2D eigenvalue weighted by molar-refractivity contribution is -0.129. The molecule has 4 heteroatoms. The number of carbonyl (C=O) groups is 1. The first kappa shape index (κ1) is 15.4. The van der Waals surface area contributed by atoms with Crippen LogP contribution in [-0.4, -0.2) is 37.0 Å². The quantitative estimate of drug-likeness (QED) is 0.870. The number of rotatable bonds is 4. The third-order valence-electron chi connectivity index (χ3n) is 4.18.